The molecule has 3 aromatic rings. The number of fused-ring (bicyclic) bond motifs is 1. The molecule has 0 aliphatic rings. The molecule has 6 heteroatoms. The summed E-state index contributed by atoms with van der Waals surface area (Å²) in [5, 5.41) is 7.31. The second kappa shape index (κ2) is 9.41. The van der Waals surface area contributed by atoms with Crippen molar-refractivity contribution in [3.05, 3.63) is 71.3 Å². The van der Waals surface area contributed by atoms with E-state index in [4.69, 9.17) is 4.74 Å². The second-order valence-corrected chi connectivity index (χ2v) is 7.54. The Bertz CT molecular complexity index is 1080. The zero-order valence-electron chi connectivity index (χ0n) is 17.8. The van der Waals surface area contributed by atoms with Crippen LogP contribution < -0.4 is 15.4 Å². The van der Waals surface area contributed by atoms with Gasteiger partial charge in [-0.1, -0.05) is 35.9 Å². The Morgan fingerprint density at radius 2 is 1.70 bits per heavy atom. The van der Waals surface area contributed by atoms with Crippen molar-refractivity contribution in [3.63, 3.8) is 0 Å². The lowest BCUT2D eigenvalue weighted by atomic mass is 10.1. The number of carbonyl (C=O) groups excluding carboxylic acids is 2. The van der Waals surface area contributed by atoms with E-state index in [1.807, 2.05) is 74.3 Å². The molecular weight excluding hydrogens is 378 g/mol. The Balaban J connectivity index is 1.53. The summed E-state index contributed by atoms with van der Waals surface area (Å²) in [6, 6.07) is 17.3. The summed E-state index contributed by atoms with van der Waals surface area (Å²) in [6.07, 6.45) is 0. The van der Waals surface area contributed by atoms with Crippen LogP contribution in [0.4, 0.5) is 10.5 Å². The quantitative estimate of drug-likeness (QED) is 0.643. The molecule has 0 unspecified atom stereocenters. The summed E-state index contributed by atoms with van der Waals surface area (Å²) < 4.78 is 5.26. The average Bonchev–Trinajstić information content (AvgIpc) is 2.69. The molecule has 0 fully saturated rings. The predicted octanol–water partition coefficient (Wildman–Crippen LogP) is 4.25. The molecule has 0 bridgehead atoms. The van der Waals surface area contributed by atoms with Gasteiger partial charge >= 0.3 is 6.03 Å². The molecule has 0 saturated heterocycles. The molecule has 2 N–H and O–H groups in total. The Hall–Kier alpha value is -3.38. The molecule has 0 saturated carbocycles. The maximum Gasteiger partial charge on any atom is 0.325 e. The fraction of sp³-hybridized carbons (Fsp3) is 0.250. The lowest BCUT2D eigenvalue weighted by Gasteiger charge is -2.17. The summed E-state index contributed by atoms with van der Waals surface area (Å²) in [5.41, 5.74) is 3.84. The van der Waals surface area contributed by atoms with Gasteiger partial charge in [-0.15, -0.1) is 0 Å². The van der Waals surface area contributed by atoms with Crippen LogP contribution in [0.1, 0.15) is 16.7 Å². The van der Waals surface area contributed by atoms with Gasteiger partial charge in [0.1, 0.15) is 5.75 Å². The molecule has 0 atom stereocenters. The number of benzene rings is 3. The molecular formula is C24H27N3O3. The van der Waals surface area contributed by atoms with Crippen LogP contribution in [0.5, 0.6) is 5.75 Å². The van der Waals surface area contributed by atoms with Crippen molar-refractivity contribution < 1.29 is 14.3 Å². The van der Waals surface area contributed by atoms with Crippen LogP contribution in [0.15, 0.2) is 54.6 Å². The first-order valence-electron chi connectivity index (χ1n) is 9.77. The Kier molecular flexibility index (Phi) is 6.69. The normalized spacial score (nSPS) is 10.8. The maximum absolute atomic E-state index is 12.2. The number of methoxy groups -OCH3 is 1. The van der Waals surface area contributed by atoms with Crippen LogP contribution in [-0.4, -0.2) is 37.5 Å². The smallest absolute Gasteiger partial charge is 0.325 e. The number of imide groups is 1. The van der Waals surface area contributed by atoms with Gasteiger partial charge in [0.15, 0.2) is 0 Å². The van der Waals surface area contributed by atoms with E-state index in [0.717, 1.165) is 33.2 Å². The van der Waals surface area contributed by atoms with Gasteiger partial charge in [-0.25, -0.2) is 4.79 Å². The molecule has 0 heterocycles. The molecule has 0 aromatic heterocycles. The number of nitrogens with zero attached hydrogens (tertiary/aromatic N) is 1. The van der Waals surface area contributed by atoms with Crippen molar-refractivity contribution in [2.75, 3.05) is 26.0 Å². The fourth-order valence-electron chi connectivity index (χ4n) is 3.38. The monoisotopic (exact) mass is 405 g/mol. The maximum atomic E-state index is 12.2. The van der Waals surface area contributed by atoms with E-state index >= 15 is 0 Å². The number of likely N-dealkylation sites (N-methyl/N-ethyl adjacent to an activating group) is 1. The van der Waals surface area contributed by atoms with Gasteiger partial charge in [-0.3, -0.25) is 15.0 Å². The first kappa shape index (κ1) is 21.3. The Morgan fingerprint density at radius 1 is 0.967 bits per heavy atom. The van der Waals surface area contributed by atoms with Crippen molar-refractivity contribution in [3.8, 4) is 5.75 Å². The van der Waals surface area contributed by atoms with Crippen molar-refractivity contribution in [1.82, 2.24) is 10.2 Å². The van der Waals surface area contributed by atoms with Crippen molar-refractivity contribution in [2.24, 2.45) is 0 Å². The minimum absolute atomic E-state index is 0.112. The third-order valence-corrected chi connectivity index (χ3v) is 4.86. The Morgan fingerprint density at radius 3 is 2.43 bits per heavy atom. The average molecular weight is 405 g/mol. The van der Waals surface area contributed by atoms with Crippen LogP contribution in [0.3, 0.4) is 0 Å². The molecule has 3 rings (SSSR count). The summed E-state index contributed by atoms with van der Waals surface area (Å²) in [6.45, 7) is 4.61. The van der Waals surface area contributed by atoms with E-state index in [-0.39, 0.29) is 12.5 Å². The number of rotatable bonds is 6. The number of hydrogen-bond acceptors (Lipinski definition) is 4. The highest BCUT2D eigenvalue weighted by Crippen LogP contribution is 2.22. The van der Waals surface area contributed by atoms with E-state index in [9.17, 15) is 9.59 Å². The van der Waals surface area contributed by atoms with Crippen molar-refractivity contribution in [1.29, 1.82) is 0 Å². The molecule has 0 aliphatic carbocycles. The van der Waals surface area contributed by atoms with Gasteiger partial charge in [-0.05, 0) is 67.1 Å². The number of ether oxygens (including phenoxy) is 1. The molecule has 3 amide bonds. The molecule has 6 nitrogen and oxygen atoms in total. The SMILES string of the molecule is COc1ccc2cc(CN(C)CC(=O)NC(=O)Nc3ccc(C)cc3C)ccc2c1. The predicted molar refractivity (Wildman–Crippen MR) is 120 cm³/mol. The molecule has 30 heavy (non-hydrogen) atoms. The van der Waals surface area contributed by atoms with Crippen LogP contribution in [0.25, 0.3) is 10.8 Å². The van der Waals surface area contributed by atoms with Gasteiger partial charge in [-0.2, -0.15) is 0 Å². The standard InChI is InChI=1S/C24H27N3O3/c1-16-5-10-22(17(2)11-16)25-24(29)26-23(28)15-27(3)14-18-6-7-20-13-21(30-4)9-8-19(20)12-18/h5-13H,14-15H2,1-4H3,(H2,25,26,28,29). The summed E-state index contributed by atoms with van der Waals surface area (Å²) in [4.78, 5) is 26.2. The van der Waals surface area contributed by atoms with Gasteiger partial charge < -0.3 is 10.1 Å². The minimum Gasteiger partial charge on any atom is -0.497 e. The lowest BCUT2D eigenvalue weighted by Crippen LogP contribution is -2.40. The zero-order chi connectivity index (χ0) is 21.7. The fourth-order valence-corrected chi connectivity index (χ4v) is 3.38. The van der Waals surface area contributed by atoms with Crippen LogP contribution in [0.2, 0.25) is 0 Å². The highest BCUT2D eigenvalue weighted by molar-refractivity contribution is 6.02. The summed E-state index contributed by atoms with van der Waals surface area (Å²) in [5.74, 6) is 0.466. The number of carbonyl (C=O) groups is 2. The van der Waals surface area contributed by atoms with E-state index in [0.29, 0.717) is 12.2 Å². The number of aryl methyl sites for hydroxylation is 2. The van der Waals surface area contributed by atoms with Gasteiger partial charge in [0.25, 0.3) is 0 Å². The van der Waals surface area contributed by atoms with E-state index in [2.05, 4.69) is 16.7 Å². The number of urea groups is 1. The van der Waals surface area contributed by atoms with Gasteiger partial charge in [0.2, 0.25) is 5.91 Å². The topological polar surface area (TPSA) is 70.7 Å². The first-order valence-corrected chi connectivity index (χ1v) is 9.77. The summed E-state index contributed by atoms with van der Waals surface area (Å²) >= 11 is 0. The highest BCUT2D eigenvalue weighted by atomic mass is 16.5. The zero-order valence-corrected chi connectivity index (χ0v) is 17.8. The second-order valence-electron chi connectivity index (χ2n) is 7.54. The molecule has 0 spiro atoms. The van der Waals surface area contributed by atoms with Crippen molar-refractivity contribution >= 4 is 28.4 Å². The third kappa shape index (κ3) is 5.58. The van der Waals surface area contributed by atoms with Gasteiger partial charge in [0.05, 0.1) is 13.7 Å². The van der Waals surface area contributed by atoms with Crippen molar-refractivity contribution in [2.45, 2.75) is 20.4 Å². The first-order chi connectivity index (χ1) is 14.3. The molecule has 0 aliphatic heterocycles. The number of amides is 3. The molecule has 156 valence electrons. The lowest BCUT2D eigenvalue weighted by molar-refractivity contribution is -0.120. The van der Waals surface area contributed by atoms with Crippen LogP contribution in [0, 0.1) is 13.8 Å². The number of nitrogens with one attached hydrogen (secondary N) is 2. The minimum atomic E-state index is -0.528. The molecule has 0 radical (unpaired) electrons. The van der Waals surface area contributed by atoms with Crippen LogP contribution in [-0.2, 0) is 11.3 Å². The summed E-state index contributed by atoms with van der Waals surface area (Å²) in [7, 11) is 3.50. The van der Waals surface area contributed by atoms with E-state index < -0.39 is 6.03 Å². The number of hydrogen-bond donors (Lipinski definition) is 2. The number of anilines is 1. The highest BCUT2D eigenvalue weighted by Gasteiger charge is 2.12. The van der Waals surface area contributed by atoms with Gasteiger partial charge in [0, 0.05) is 12.2 Å². The van der Waals surface area contributed by atoms with Crippen LogP contribution >= 0.6 is 0 Å². The van der Waals surface area contributed by atoms with E-state index in [1.54, 1.807) is 7.11 Å². The third-order valence-electron chi connectivity index (χ3n) is 4.86. The largest absolute Gasteiger partial charge is 0.497 e. The Labute approximate surface area is 176 Å². The van der Waals surface area contributed by atoms with E-state index in [1.165, 1.54) is 0 Å². The molecule has 3 aromatic carbocycles.